The quantitative estimate of drug-likeness (QED) is 0.855. The number of carbonyl (C=O) groups excluding carboxylic acids is 1. The van der Waals surface area contributed by atoms with Crippen LogP contribution < -0.4 is 4.74 Å². The van der Waals surface area contributed by atoms with Gasteiger partial charge in [-0.1, -0.05) is 26.0 Å². The Morgan fingerprint density at radius 3 is 2.70 bits per heavy atom. The summed E-state index contributed by atoms with van der Waals surface area (Å²) in [7, 11) is 0. The monoisotopic (exact) mass is 317 g/mol. The first-order chi connectivity index (χ1) is 11.1. The van der Waals surface area contributed by atoms with Crippen molar-refractivity contribution in [3.8, 4) is 5.75 Å². The van der Waals surface area contributed by atoms with Crippen LogP contribution in [0.5, 0.6) is 5.75 Å². The number of rotatable bonds is 4. The van der Waals surface area contributed by atoms with E-state index in [1.54, 1.807) is 0 Å². The predicted octanol–water partition coefficient (Wildman–Crippen LogP) is 3.36. The van der Waals surface area contributed by atoms with Crippen molar-refractivity contribution in [2.24, 2.45) is 11.8 Å². The van der Waals surface area contributed by atoms with E-state index in [0.717, 1.165) is 32.5 Å². The summed E-state index contributed by atoms with van der Waals surface area (Å²) in [6, 6.07) is 7.59. The van der Waals surface area contributed by atoms with Crippen LogP contribution in [0.4, 0.5) is 0 Å². The Bertz CT molecular complexity index is 529. The zero-order chi connectivity index (χ0) is 16.2. The van der Waals surface area contributed by atoms with E-state index in [0.29, 0.717) is 29.8 Å². The number of para-hydroxylation sites is 1. The molecule has 0 N–H and O–H groups in total. The smallest absolute Gasteiger partial charge is 0.257 e. The van der Waals surface area contributed by atoms with Crippen molar-refractivity contribution in [3.63, 3.8) is 0 Å². The van der Waals surface area contributed by atoms with Crippen LogP contribution in [0.2, 0.25) is 0 Å². The molecule has 0 aromatic heterocycles. The molecule has 3 rings (SSSR count). The third-order valence-corrected chi connectivity index (χ3v) is 4.72. The molecule has 1 aromatic rings. The standard InChI is InChI=1S/C19H27NO3/c1-14-10-15(2)12-20(11-14)19(21)17-7-3-4-8-18(17)23-13-16-6-5-9-22-16/h3-4,7-8,14-16H,5-6,9-13H2,1-2H3. The SMILES string of the molecule is CC1CC(C)CN(C(=O)c2ccccc2OCC2CCCO2)C1. The van der Waals surface area contributed by atoms with Crippen LogP contribution >= 0.6 is 0 Å². The molecular weight excluding hydrogens is 290 g/mol. The molecule has 4 heteroatoms. The molecule has 1 aromatic carbocycles. The van der Waals surface area contributed by atoms with Crippen LogP contribution in [0, 0.1) is 11.8 Å². The average Bonchev–Trinajstić information content (AvgIpc) is 3.05. The van der Waals surface area contributed by atoms with Gasteiger partial charge in [-0.05, 0) is 43.2 Å². The van der Waals surface area contributed by atoms with E-state index in [-0.39, 0.29) is 12.0 Å². The molecule has 2 saturated heterocycles. The number of benzene rings is 1. The van der Waals surface area contributed by atoms with Gasteiger partial charge in [-0.2, -0.15) is 0 Å². The molecule has 0 bridgehead atoms. The molecule has 126 valence electrons. The van der Waals surface area contributed by atoms with E-state index in [1.165, 1.54) is 6.42 Å². The highest BCUT2D eigenvalue weighted by Crippen LogP contribution is 2.26. The van der Waals surface area contributed by atoms with Gasteiger partial charge in [-0.3, -0.25) is 4.79 Å². The van der Waals surface area contributed by atoms with E-state index in [2.05, 4.69) is 13.8 Å². The molecule has 4 nitrogen and oxygen atoms in total. The summed E-state index contributed by atoms with van der Waals surface area (Å²) in [5.74, 6) is 1.88. The van der Waals surface area contributed by atoms with Gasteiger partial charge in [0.05, 0.1) is 11.7 Å². The number of piperidine rings is 1. The van der Waals surface area contributed by atoms with Crippen molar-refractivity contribution >= 4 is 5.91 Å². The van der Waals surface area contributed by atoms with E-state index < -0.39 is 0 Å². The maximum atomic E-state index is 12.9. The van der Waals surface area contributed by atoms with Gasteiger partial charge in [0.15, 0.2) is 0 Å². The summed E-state index contributed by atoms with van der Waals surface area (Å²) in [4.78, 5) is 14.9. The Hall–Kier alpha value is -1.55. The molecule has 2 fully saturated rings. The number of nitrogens with zero attached hydrogens (tertiary/aromatic N) is 1. The van der Waals surface area contributed by atoms with Gasteiger partial charge in [0.25, 0.3) is 5.91 Å². The van der Waals surface area contributed by atoms with Crippen LogP contribution in [0.25, 0.3) is 0 Å². The minimum atomic E-state index is 0.0892. The highest BCUT2D eigenvalue weighted by molar-refractivity contribution is 5.97. The van der Waals surface area contributed by atoms with Gasteiger partial charge in [-0.15, -0.1) is 0 Å². The summed E-state index contributed by atoms with van der Waals surface area (Å²) < 4.78 is 11.5. The fraction of sp³-hybridized carbons (Fsp3) is 0.632. The van der Waals surface area contributed by atoms with Crippen LogP contribution in [-0.2, 0) is 4.74 Å². The number of likely N-dealkylation sites (tertiary alicyclic amines) is 1. The summed E-state index contributed by atoms with van der Waals surface area (Å²) >= 11 is 0. The van der Waals surface area contributed by atoms with Crippen LogP contribution in [-0.4, -0.2) is 43.2 Å². The van der Waals surface area contributed by atoms with E-state index in [4.69, 9.17) is 9.47 Å². The zero-order valence-electron chi connectivity index (χ0n) is 14.2. The van der Waals surface area contributed by atoms with Gasteiger partial charge >= 0.3 is 0 Å². The van der Waals surface area contributed by atoms with E-state index in [1.807, 2.05) is 29.2 Å². The fourth-order valence-electron chi connectivity index (χ4n) is 3.73. The largest absolute Gasteiger partial charge is 0.490 e. The molecule has 3 unspecified atom stereocenters. The highest BCUT2D eigenvalue weighted by atomic mass is 16.5. The van der Waals surface area contributed by atoms with Crippen molar-refractivity contribution in [3.05, 3.63) is 29.8 Å². The van der Waals surface area contributed by atoms with Gasteiger partial charge in [-0.25, -0.2) is 0 Å². The number of hydrogen-bond donors (Lipinski definition) is 0. The Labute approximate surface area is 138 Å². The van der Waals surface area contributed by atoms with Crippen molar-refractivity contribution in [1.29, 1.82) is 0 Å². The molecule has 0 aliphatic carbocycles. The zero-order valence-corrected chi connectivity index (χ0v) is 14.2. The molecule has 0 radical (unpaired) electrons. The second kappa shape index (κ2) is 7.35. The van der Waals surface area contributed by atoms with E-state index >= 15 is 0 Å². The minimum Gasteiger partial charge on any atom is -0.490 e. The maximum Gasteiger partial charge on any atom is 0.257 e. The molecule has 0 spiro atoms. The van der Waals surface area contributed by atoms with Crippen molar-refractivity contribution < 1.29 is 14.3 Å². The molecule has 3 atom stereocenters. The Morgan fingerprint density at radius 2 is 2.00 bits per heavy atom. The van der Waals surface area contributed by atoms with Crippen LogP contribution in [0.15, 0.2) is 24.3 Å². The first-order valence-electron chi connectivity index (χ1n) is 8.76. The lowest BCUT2D eigenvalue weighted by atomic mass is 9.91. The van der Waals surface area contributed by atoms with Gasteiger partial charge in [0, 0.05) is 19.7 Å². The molecule has 0 saturated carbocycles. The first-order valence-corrected chi connectivity index (χ1v) is 8.76. The summed E-state index contributed by atoms with van der Waals surface area (Å²) in [6.07, 6.45) is 3.49. The Morgan fingerprint density at radius 1 is 1.26 bits per heavy atom. The van der Waals surface area contributed by atoms with Crippen molar-refractivity contribution in [2.75, 3.05) is 26.3 Å². The lowest BCUT2D eigenvalue weighted by Crippen LogP contribution is -2.42. The predicted molar refractivity (Wildman–Crippen MR) is 89.8 cm³/mol. The van der Waals surface area contributed by atoms with Gasteiger partial charge in [0.2, 0.25) is 0 Å². The maximum absolute atomic E-state index is 12.9. The highest BCUT2D eigenvalue weighted by Gasteiger charge is 2.28. The molecule has 2 heterocycles. The third-order valence-electron chi connectivity index (χ3n) is 4.72. The Balaban J connectivity index is 1.69. The lowest BCUT2D eigenvalue weighted by Gasteiger charge is -2.35. The number of hydrogen-bond acceptors (Lipinski definition) is 3. The van der Waals surface area contributed by atoms with Crippen molar-refractivity contribution in [2.45, 2.75) is 39.2 Å². The molecule has 2 aliphatic rings. The Kier molecular flexibility index (Phi) is 5.21. The molecule has 1 amide bonds. The van der Waals surface area contributed by atoms with Crippen LogP contribution in [0.1, 0.15) is 43.5 Å². The number of amides is 1. The summed E-state index contributed by atoms with van der Waals surface area (Å²) in [5.41, 5.74) is 0.673. The topological polar surface area (TPSA) is 38.8 Å². The molecule has 23 heavy (non-hydrogen) atoms. The second-order valence-corrected chi connectivity index (χ2v) is 7.10. The third kappa shape index (κ3) is 4.05. The number of ether oxygens (including phenoxy) is 2. The summed E-state index contributed by atoms with van der Waals surface area (Å²) in [5, 5.41) is 0. The van der Waals surface area contributed by atoms with Gasteiger partial charge in [0.1, 0.15) is 12.4 Å². The van der Waals surface area contributed by atoms with E-state index in [9.17, 15) is 4.79 Å². The molecular formula is C19H27NO3. The van der Waals surface area contributed by atoms with Crippen molar-refractivity contribution in [1.82, 2.24) is 4.90 Å². The summed E-state index contributed by atoms with van der Waals surface area (Å²) in [6.45, 7) is 7.45. The lowest BCUT2D eigenvalue weighted by molar-refractivity contribution is 0.0588. The molecule has 2 aliphatic heterocycles. The minimum absolute atomic E-state index is 0.0892. The number of carbonyl (C=O) groups is 1. The first kappa shape index (κ1) is 16.3. The van der Waals surface area contributed by atoms with Gasteiger partial charge < -0.3 is 14.4 Å². The second-order valence-electron chi connectivity index (χ2n) is 7.10. The van der Waals surface area contributed by atoms with Crippen LogP contribution in [0.3, 0.4) is 0 Å². The fourth-order valence-corrected chi connectivity index (χ4v) is 3.73. The average molecular weight is 317 g/mol. The normalized spacial score (nSPS) is 27.9.